The molecule has 1 aromatic carbocycles. The third kappa shape index (κ3) is 3.70. The Balaban J connectivity index is 1.40. The number of anilines is 1. The molecule has 0 saturated carbocycles. The van der Waals surface area contributed by atoms with Gasteiger partial charge in [0.2, 0.25) is 5.82 Å². The van der Waals surface area contributed by atoms with E-state index < -0.39 is 12.3 Å². The molecule has 1 amide bonds. The Labute approximate surface area is 156 Å². The van der Waals surface area contributed by atoms with Gasteiger partial charge in [-0.25, -0.2) is 0 Å². The molecule has 4 N–H and O–H groups in total. The van der Waals surface area contributed by atoms with E-state index in [1.807, 2.05) is 54.2 Å². The minimum absolute atomic E-state index is 0.148. The van der Waals surface area contributed by atoms with Gasteiger partial charge in [0.25, 0.3) is 5.91 Å². The number of carbonyl (C=O) groups is 1. The first-order chi connectivity index (χ1) is 13.1. The lowest BCUT2D eigenvalue weighted by molar-refractivity contribution is 0.0854. The van der Waals surface area contributed by atoms with Gasteiger partial charge in [-0.3, -0.25) is 4.79 Å². The number of H-pyrrole nitrogens is 1. The molecular formula is C19H22N6O2. The van der Waals surface area contributed by atoms with Crippen molar-refractivity contribution in [2.75, 3.05) is 5.32 Å². The number of aliphatic hydroxyl groups excluding tert-OH is 1. The number of nitrogens with one attached hydrogen (secondary N) is 3. The Morgan fingerprint density at radius 3 is 2.93 bits per heavy atom. The Morgan fingerprint density at radius 2 is 2.11 bits per heavy atom. The number of fused-ring (bicyclic) bond motifs is 1. The normalized spacial score (nSPS) is 19.0. The number of carbonyl (C=O) groups excluding carboxylic acids is 1. The molecule has 0 fully saturated rings. The van der Waals surface area contributed by atoms with Gasteiger partial charge in [-0.15, -0.1) is 10.2 Å². The third-order valence-electron chi connectivity index (χ3n) is 4.86. The number of benzene rings is 1. The molecule has 0 radical (unpaired) electrons. The summed E-state index contributed by atoms with van der Waals surface area (Å²) in [6, 6.07) is 11.4. The minimum atomic E-state index is -0.871. The summed E-state index contributed by atoms with van der Waals surface area (Å²) in [4.78, 5) is 15.5. The summed E-state index contributed by atoms with van der Waals surface area (Å²) >= 11 is 0. The van der Waals surface area contributed by atoms with Crippen LogP contribution in [-0.4, -0.2) is 43.0 Å². The van der Waals surface area contributed by atoms with Gasteiger partial charge in [-0.05, 0) is 24.5 Å². The van der Waals surface area contributed by atoms with E-state index in [0.29, 0.717) is 18.7 Å². The van der Waals surface area contributed by atoms with E-state index in [2.05, 4.69) is 25.8 Å². The number of hydrogen-bond donors (Lipinski definition) is 4. The smallest absolute Gasteiger partial charge is 0.289 e. The van der Waals surface area contributed by atoms with Crippen LogP contribution in [0.15, 0.2) is 42.6 Å². The Kier molecular flexibility index (Phi) is 4.64. The number of aromatic nitrogens is 4. The molecule has 1 aliphatic heterocycles. The van der Waals surface area contributed by atoms with Gasteiger partial charge in [0.05, 0.1) is 11.7 Å². The molecule has 8 nitrogen and oxygen atoms in total. The van der Waals surface area contributed by atoms with Crippen molar-refractivity contribution in [3.8, 4) is 0 Å². The Bertz CT molecular complexity index is 933. The average molecular weight is 366 g/mol. The molecule has 27 heavy (non-hydrogen) atoms. The number of aryl methyl sites for hydroxylation is 1. The van der Waals surface area contributed by atoms with Crippen molar-refractivity contribution in [1.82, 2.24) is 25.1 Å². The lowest BCUT2D eigenvalue weighted by Crippen LogP contribution is -2.46. The minimum Gasteiger partial charge on any atom is -0.372 e. The summed E-state index contributed by atoms with van der Waals surface area (Å²) < 4.78 is 2.02. The zero-order valence-electron chi connectivity index (χ0n) is 15.0. The SMILES string of the molecule is Cn1ccc2c1CCC(NC(=O)c1nnc(Cc3ccccc3)[nH]1)C(O)N2. The first-order valence-corrected chi connectivity index (χ1v) is 8.95. The van der Waals surface area contributed by atoms with Gasteiger partial charge in [0.15, 0.2) is 0 Å². The van der Waals surface area contributed by atoms with Crippen molar-refractivity contribution in [2.45, 2.75) is 31.5 Å². The molecular weight excluding hydrogens is 344 g/mol. The third-order valence-corrected chi connectivity index (χ3v) is 4.86. The van der Waals surface area contributed by atoms with Crippen LogP contribution in [0.1, 0.15) is 34.1 Å². The predicted octanol–water partition coefficient (Wildman–Crippen LogP) is 1.21. The van der Waals surface area contributed by atoms with E-state index >= 15 is 0 Å². The van der Waals surface area contributed by atoms with Crippen LogP contribution in [0.5, 0.6) is 0 Å². The standard InChI is InChI=1S/C19H22N6O2/c1-25-10-9-13-15(25)8-7-14(18(26)20-13)21-19(27)17-22-16(23-24-17)11-12-5-3-2-4-6-12/h2-6,9-10,14,18,20,26H,7-8,11H2,1H3,(H,21,27)(H,22,23,24). The molecule has 0 bridgehead atoms. The molecule has 3 aromatic rings. The maximum atomic E-state index is 12.5. The highest BCUT2D eigenvalue weighted by Gasteiger charge is 2.27. The summed E-state index contributed by atoms with van der Waals surface area (Å²) in [6.45, 7) is 0. The van der Waals surface area contributed by atoms with Crippen LogP contribution in [-0.2, 0) is 19.9 Å². The number of hydrogen-bond acceptors (Lipinski definition) is 5. The lowest BCUT2D eigenvalue weighted by atomic mass is 10.1. The molecule has 2 unspecified atom stereocenters. The fourth-order valence-electron chi connectivity index (χ4n) is 3.37. The van der Waals surface area contributed by atoms with Gasteiger partial charge < -0.3 is 25.3 Å². The molecule has 0 saturated heterocycles. The van der Waals surface area contributed by atoms with E-state index in [1.54, 1.807) is 0 Å². The summed E-state index contributed by atoms with van der Waals surface area (Å²) in [7, 11) is 1.97. The van der Waals surface area contributed by atoms with Crippen molar-refractivity contribution < 1.29 is 9.90 Å². The molecule has 3 heterocycles. The van der Waals surface area contributed by atoms with Crippen LogP contribution in [0.25, 0.3) is 0 Å². The summed E-state index contributed by atoms with van der Waals surface area (Å²) in [6.07, 6.45) is 3.03. The molecule has 0 spiro atoms. The predicted molar refractivity (Wildman–Crippen MR) is 100 cm³/mol. The number of amides is 1. The average Bonchev–Trinajstić information content (AvgIpc) is 3.22. The second kappa shape index (κ2) is 7.24. The van der Waals surface area contributed by atoms with Gasteiger partial charge >= 0.3 is 0 Å². The van der Waals surface area contributed by atoms with Crippen molar-refractivity contribution in [3.05, 3.63) is 65.5 Å². The second-order valence-corrected chi connectivity index (χ2v) is 6.78. The van der Waals surface area contributed by atoms with E-state index in [0.717, 1.165) is 23.4 Å². The second-order valence-electron chi connectivity index (χ2n) is 6.78. The van der Waals surface area contributed by atoms with E-state index in [1.165, 1.54) is 0 Å². The highest BCUT2D eigenvalue weighted by molar-refractivity contribution is 5.90. The summed E-state index contributed by atoms with van der Waals surface area (Å²) in [5.41, 5.74) is 3.09. The van der Waals surface area contributed by atoms with Crippen molar-refractivity contribution >= 4 is 11.6 Å². The highest BCUT2D eigenvalue weighted by Crippen LogP contribution is 2.24. The quantitative estimate of drug-likeness (QED) is 0.555. The molecule has 1 aliphatic rings. The monoisotopic (exact) mass is 366 g/mol. The zero-order valence-corrected chi connectivity index (χ0v) is 15.0. The molecule has 140 valence electrons. The fourth-order valence-corrected chi connectivity index (χ4v) is 3.37. The summed E-state index contributed by atoms with van der Waals surface area (Å²) in [5.74, 6) is 0.395. The molecule has 8 heteroatoms. The Morgan fingerprint density at radius 1 is 1.30 bits per heavy atom. The number of rotatable bonds is 4. The van der Waals surface area contributed by atoms with Crippen LogP contribution >= 0.6 is 0 Å². The van der Waals surface area contributed by atoms with Crippen molar-refractivity contribution in [1.29, 1.82) is 0 Å². The maximum Gasteiger partial charge on any atom is 0.289 e. The number of aliphatic hydroxyl groups is 1. The van der Waals surface area contributed by atoms with Gasteiger partial charge in [-0.1, -0.05) is 30.3 Å². The van der Waals surface area contributed by atoms with E-state index in [9.17, 15) is 9.90 Å². The zero-order chi connectivity index (χ0) is 18.8. The van der Waals surface area contributed by atoms with Crippen LogP contribution in [0.3, 0.4) is 0 Å². The maximum absolute atomic E-state index is 12.5. The fraction of sp³-hybridized carbons (Fsp3) is 0.316. The molecule has 2 aromatic heterocycles. The number of nitrogens with zero attached hydrogens (tertiary/aromatic N) is 3. The first kappa shape index (κ1) is 17.3. The van der Waals surface area contributed by atoms with Crippen molar-refractivity contribution in [2.24, 2.45) is 7.05 Å². The van der Waals surface area contributed by atoms with Crippen LogP contribution in [0.2, 0.25) is 0 Å². The van der Waals surface area contributed by atoms with Crippen molar-refractivity contribution in [3.63, 3.8) is 0 Å². The van der Waals surface area contributed by atoms with E-state index in [4.69, 9.17) is 0 Å². The van der Waals surface area contributed by atoms with Crippen LogP contribution < -0.4 is 10.6 Å². The summed E-state index contributed by atoms with van der Waals surface area (Å²) in [5, 5.41) is 24.3. The van der Waals surface area contributed by atoms with Gasteiger partial charge in [0.1, 0.15) is 12.1 Å². The number of aromatic amines is 1. The molecule has 2 atom stereocenters. The van der Waals surface area contributed by atoms with Gasteiger partial charge in [0, 0.05) is 25.4 Å². The van der Waals surface area contributed by atoms with E-state index in [-0.39, 0.29) is 11.7 Å². The first-order valence-electron chi connectivity index (χ1n) is 8.95. The van der Waals surface area contributed by atoms with Crippen LogP contribution in [0, 0.1) is 0 Å². The lowest BCUT2D eigenvalue weighted by Gasteiger charge is -2.22. The topological polar surface area (TPSA) is 108 Å². The molecule has 0 aliphatic carbocycles. The van der Waals surface area contributed by atoms with Gasteiger partial charge in [-0.2, -0.15) is 0 Å². The van der Waals surface area contributed by atoms with Crippen LogP contribution in [0.4, 0.5) is 5.69 Å². The Hall–Kier alpha value is -3.13. The highest BCUT2D eigenvalue weighted by atomic mass is 16.3. The molecule has 4 rings (SSSR count). The largest absolute Gasteiger partial charge is 0.372 e.